The van der Waals surface area contributed by atoms with Gasteiger partial charge in [-0.1, -0.05) is 140 Å². The maximum Gasteiger partial charge on any atom is 0.135 e. The van der Waals surface area contributed by atoms with Gasteiger partial charge in [0.15, 0.2) is 0 Å². The third-order valence-corrected chi connectivity index (χ3v) is 10.8. The van der Waals surface area contributed by atoms with Crippen molar-refractivity contribution in [1.82, 2.24) is 0 Å². The Morgan fingerprint density at radius 1 is 0.383 bits per heavy atom. The summed E-state index contributed by atoms with van der Waals surface area (Å²) in [5.41, 5.74) is 10.3. The molecule has 1 nitrogen and oxygen atoms in total. The number of hydrogen-bond donors (Lipinski definition) is 0. The van der Waals surface area contributed by atoms with Crippen LogP contribution in [0.2, 0.25) is 0 Å². The van der Waals surface area contributed by atoms with Crippen LogP contribution in [0.4, 0.5) is 0 Å². The van der Waals surface area contributed by atoms with Gasteiger partial charge in [-0.3, -0.25) is 0 Å². The van der Waals surface area contributed by atoms with Crippen molar-refractivity contribution in [2.75, 3.05) is 0 Å². The fourth-order valence-corrected chi connectivity index (χ4v) is 8.75. The Morgan fingerprint density at radius 3 is 1.85 bits per heavy atom. The molecule has 8 aromatic carbocycles. The fourth-order valence-electron chi connectivity index (χ4n) is 8.75. The molecule has 47 heavy (non-hydrogen) atoms. The van der Waals surface area contributed by atoms with Crippen LogP contribution in [0, 0.1) is 0 Å². The summed E-state index contributed by atoms with van der Waals surface area (Å²) in [5.74, 6) is 2.59. The van der Waals surface area contributed by atoms with Gasteiger partial charge in [0.05, 0.1) is 0 Å². The second kappa shape index (κ2) is 9.31. The van der Waals surface area contributed by atoms with Crippen molar-refractivity contribution in [3.63, 3.8) is 0 Å². The van der Waals surface area contributed by atoms with E-state index in [0.717, 1.165) is 17.1 Å². The Bertz CT molecular complexity index is 2730. The van der Waals surface area contributed by atoms with Crippen LogP contribution in [0.5, 0.6) is 11.5 Å². The van der Waals surface area contributed by atoms with Crippen LogP contribution in [0.3, 0.4) is 0 Å². The summed E-state index contributed by atoms with van der Waals surface area (Å²) in [6.07, 6.45) is 4.97. The highest BCUT2D eigenvalue weighted by atomic mass is 16.5. The first-order valence-electron chi connectivity index (χ1n) is 16.5. The van der Waals surface area contributed by atoms with Crippen molar-refractivity contribution in [2.24, 2.45) is 0 Å². The lowest BCUT2D eigenvalue weighted by molar-refractivity contribution is 0.487. The zero-order valence-electron chi connectivity index (χ0n) is 25.6. The van der Waals surface area contributed by atoms with Crippen molar-refractivity contribution >= 4 is 44.5 Å². The molecule has 0 spiro atoms. The standard InChI is InChI=1S/C46H28O/c1-2-9-29-25-41-39-22-21-35(36-15-7-16-37(46(36)39)40(41)24-28(29)8-1)34-20-19-31(32-12-3-4-13-33(32)34)30-18-23-43-42(26-30)38-14-5-10-27-11-6-17-44(47-43)45(27)38/h1-26,40-41H. The Balaban J connectivity index is 1.09. The van der Waals surface area contributed by atoms with E-state index in [1.54, 1.807) is 0 Å². The van der Waals surface area contributed by atoms with Gasteiger partial charge in [0, 0.05) is 22.8 Å². The molecule has 0 saturated heterocycles. The highest BCUT2D eigenvalue weighted by Gasteiger charge is 2.33. The molecule has 0 bridgehead atoms. The van der Waals surface area contributed by atoms with Crippen LogP contribution in [-0.2, 0) is 0 Å². The SMILES string of the molecule is C1=c2ccccc2=CC2c3ccc(-c4ccc(-c5ccc6c(c5)-c5cccc7cccc(c57)O6)c5ccccc45)c4cccc(c34)C12. The van der Waals surface area contributed by atoms with Crippen molar-refractivity contribution in [3.8, 4) is 44.9 Å². The lowest BCUT2D eigenvalue weighted by Gasteiger charge is -2.22. The van der Waals surface area contributed by atoms with Crippen molar-refractivity contribution in [1.29, 1.82) is 0 Å². The molecular formula is C46H28O. The lowest BCUT2D eigenvalue weighted by atomic mass is 9.84. The summed E-state index contributed by atoms with van der Waals surface area (Å²) < 4.78 is 6.42. The first kappa shape index (κ1) is 25.3. The van der Waals surface area contributed by atoms with Gasteiger partial charge < -0.3 is 4.74 Å². The number of benzene rings is 8. The molecule has 3 aliphatic rings. The third kappa shape index (κ3) is 3.49. The highest BCUT2D eigenvalue weighted by molar-refractivity contribution is 6.12. The van der Waals surface area contributed by atoms with E-state index in [4.69, 9.17) is 4.74 Å². The van der Waals surface area contributed by atoms with E-state index in [-0.39, 0.29) is 0 Å². The predicted octanol–water partition coefficient (Wildman–Crippen LogP) is 10.7. The maximum atomic E-state index is 6.42. The Hall–Kier alpha value is -5.92. The van der Waals surface area contributed by atoms with Gasteiger partial charge in [-0.05, 0) is 94.5 Å². The molecule has 0 fully saturated rings. The summed E-state index contributed by atoms with van der Waals surface area (Å²) in [4.78, 5) is 0. The largest absolute Gasteiger partial charge is 0.456 e. The minimum Gasteiger partial charge on any atom is -0.456 e. The molecule has 2 atom stereocenters. The summed E-state index contributed by atoms with van der Waals surface area (Å²) in [6.45, 7) is 0. The number of ether oxygens (including phenoxy) is 1. The average molecular weight is 597 g/mol. The number of fused-ring (bicyclic) bond motifs is 7. The quantitative estimate of drug-likeness (QED) is 0.193. The van der Waals surface area contributed by atoms with E-state index in [9.17, 15) is 0 Å². The molecule has 1 heterocycles. The van der Waals surface area contributed by atoms with Gasteiger partial charge in [0.25, 0.3) is 0 Å². The first-order valence-corrected chi connectivity index (χ1v) is 16.5. The molecule has 1 aliphatic heterocycles. The molecule has 11 rings (SSSR count). The highest BCUT2D eigenvalue weighted by Crippen LogP contribution is 2.52. The van der Waals surface area contributed by atoms with Crippen LogP contribution in [0.15, 0.2) is 146 Å². The van der Waals surface area contributed by atoms with Crippen LogP contribution in [0.1, 0.15) is 23.0 Å². The van der Waals surface area contributed by atoms with Crippen LogP contribution >= 0.6 is 0 Å². The second-order valence-corrected chi connectivity index (χ2v) is 13.2. The number of hydrogen-bond acceptors (Lipinski definition) is 1. The van der Waals surface area contributed by atoms with Gasteiger partial charge in [-0.25, -0.2) is 0 Å². The molecule has 0 radical (unpaired) electrons. The van der Waals surface area contributed by atoms with Crippen LogP contribution in [0.25, 0.3) is 77.9 Å². The molecule has 1 heteroatoms. The normalized spacial score (nSPS) is 16.6. The molecule has 0 aromatic heterocycles. The van der Waals surface area contributed by atoms with Gasteiger partial charge in [0.1, 0.15) is 11.5 Å². The van der Waals surface area contributed by atoms with Crippen molar-refractivity contribution in [2.45, 2.75) is 11.8 Å². The summed E-state index contributed by atoms with van der Waals surface area (Å²) >= 11 is 0. The minimum atomic E-state index is 0.378. The van der Waals surface area contributed by atoms with E-state index in [0.29, 0.717) is 11.8 Å². The van der Waals surface area contributed by atoms with E-state index < -0.39 is 0 Å². The second-order valence-electron chi connectivity index (χ2n) is 13.2. The predicted molar refractivity (Wildman–Crippen MR) is 195 cm³/mol. The molecule has 2 unspecified atom stereocenters. The molecule has 0 amide bonds. The monoisotopic (exact) mass is 596 g/mol. The summed E-state index contributed by atoms with van der Waals surface area (Å²) in [5, 5.41) is 10.4. The van der Waals surface area contributed by atoms with E-state index in [1.165, 1.54) is 81.7 Å². The van der Waals surface area contributed by atoms with Crippen molar-refractivity contribution in [3.05, 3.63) is 167 Å². The van der Waals surface area contributed by atoms with E-state index in [1.807, 2.05) is 0 Å². The van der Waals surface area contributed by atoms with Gasteiger partial charge in [-0.2, -0.15) is 0 Å². The molecule has 218 valence electrons. The first-order chi connectivity index (χ1) is 23.3. The molecule has 8 aromatic rings. The topological polar surface area (TPSA) is 9.23 Å². The Morgan fingerprint density at radius 2 is 1.02 bits per heavy atom. The van der Waals surface area contributed by atoms with Gasteiger partial charge in [0.2, 0.25) is 0 Å². The zero-order chi connectivity index (χ0) is 30.6. The van der Waals surface area contributed by atoms with E-state index in [2.05, 4.69) is 158 Å². The Kier molecular flexibility index (Phi) is 5.01. The lowest BCUT2D eigenvalue weighted by Crippen LogP contribution is -2.29. The molecule has 2 aliphatic carbocycles. The Labute approximate surface area is 272 Å². The summed E-state index contributed by atoms with van der Waals surface area (Å²) in [7, 11) is 0. The summed E-state index contributed by atoms with van der Waals surface area (Å²) in [6, 6.07) is 53.5. The minimum absolute atomic E-state index is 0.378. The maximum absolute atomic E-state index is 6.42. The zero-order valence-corrected chi connectivity index (χ0v) is 25.6. The molecule has 0 saturated carbocycles. The third-order valence-electron chi connectivity index (χ3n) is 10.8. The van der Waals surface area contributed by atoms with Crippen molar-refractivity contribution < 1.29 is 4.74 Å². The smallest absolute Gasteiger partial charge is 0.135 e. The van der Waals surface area contributed by atoms with Crippen LogP contribution < -0.4 is 15.2 Å². The molecule has 0 N–H and O–H groups in total. The average Bonchev–Trinajstić information content (AvgIpc) is 3.44. The molecular weight excluding hydrogens is 569 g/mol. The van der Waals surface area contributed by atoms with Gasteiger partial charge in [-0.15, -0.1) is 0 Å². The van der Waals surface area contributed by atoms with Crippen LogP contribution in [-0.4, -0.2) is 0 Å². The number of rotatable bonds is 2. The fraction of sp³-hybridized carbons (Fsp3) is 0.0435. The van der Waals surface area contributed by atoms with E-state index >= 15 is 0 Å². The van der Waals surface area contributed by atoms with Gasteiger partial charge >= 0.3 is 0 Å².